The minimum atomic E-state index is -1.03. The fraction of sp³-hybridized carbons (Fsp3) is 0.500. The number of aliphatic hydroxyl groups is 1. The van der Waals surface area contributed by atoms with Crippen LogP contribution in [-0.2, 0) is 9.53 Å². The van der Waals surface area contributed by atoms with Crippen molar-refractivity contribution in [3.05, 3.63) is 30.1 Å². The van der Waals surface area contributed by atoms with Crippen LogP contribution in [0.2, 0.25) is 0 Å². The van der Waals surface area contributed by atoms with Crippen molar-refractivity contribution in [1.82, 2.24) is 9.88 Å². The third-order valence-electron chi connectivity index (χ3n) is 2.97. The molecule has 0 spiro atoms. The van der Waals surface area contributed by atoms with E-state index in [2.05, 4.69) is 4.98 Å². The summed E-state index contributed by atoms with van der Waals surface area (Å²) in [5, 5.41) is 10.0. The van der Waals surface area contributed by atoms with E-state index in [-0.39, 0.29) is 5.91 Å². The number of morpholine rings is 1. The molecule has 0 unspecified atom stereocenters. The molecule has 6 nitrogen and oxygen atoms in total. The molecule has 1 fully saturated rings. The lowest BCUT2D eigenvalue weighted by Gasteiger charge is -2.30. The van der Waals surface area contributed by atoms with Gasteiger partial charge in [-0.2, -0.15) is 0 Å². The van der Waals surface area contributed by atoms with E-state index < -0.39 is 12.1 Å². The van der Waals surface area contributed by atoms with Gasteiger partial charge in [-0.25, -0.2) is 0 Å². The molecular weight excluding hydrogens is 234 g/mol. The quantitative estimate of drug-likeness (QED) is 0.741. The van der Waals surface area contributed by atoms with E-state index in [4.69, 9.17) is 10.5 Å². The Hall–Kier alpha value is -1.50. The fourth-order valence-corrected chi connectivity index (χ4v) is 1.89. The molecule has 98 valence electrons. The molecule has 1 aliphatic rings. The first kappa shape index (κ1) is 12.9. The van der Waals surface area contributed by atoms with Gasteiger partial charge in [0.05, 0.1) is 13.2 Å². The van der Waals surface area contributed by atoms with Crippen LogP contribution in [-0.4, -0.2) is 53.2 Å². The molecular formula is C12H17N3O3. The van der Waals surface area contributed by atoms with Crippen molar-refractivity contribution in [3.63, 3.8) is 0 Å². The van der Waals surface area contributed by atoms with E-state index in [0.29, 0.717) is 31.9 Å². The monoisotopic (exact) mass is 251 g/mol. The number of amides is 1. The molecule has 0 aromatic carbocycles. The first-order valence-electron chi connectivity index (χ1n) is 5.90. The number of aromatic nitrogens is 1. The van der Waals surface area contributed by atoms with E-state index in [1.807, 2.05) is 0 Å². The van der Waals surface area contributed by atoms with Gasteiger partial charge in [-0.1, -0.05) is 6.07 Å². The standard InChI is InChI=1S/C12H17N3O3/c13-10(11(16)9-2-1-3-14-8-9)12(17)15-4-6-18-7-5-15/h1-3,8,10-11,16H,4-7,13H2/t10-,11+/m1/s1. The van der Waals surface area contributed by atoms with Crippen molar-refractivity contribution in [1.29, 1.82) is 0 Å². The lowest BCUT2D eigenvalue weighted by molar-refractivity contribution is -0.139. The lowest BCUT2D eigenvalue weighted by Crippen LogP contribution is -2.50. The van der Waals surface area contributed by atoms with Crippen LogP contribution in [0.15, 0.2) is 24.5 Å². The third kappa shape index (κ3) is 2.84. The first-order valence-corrected chi connectivity index (χ1v) is 5.90. The van der Waals surface area contributed by atoms with Crippen LogP contribution in [0.4, 0.5) is 0 Å². The topological polar surface area (TPSA) is 88.7 Å². The zero-order valence-corrected chi connectivity index (χ0v) is 10.0. The number of pyridine rings is 1. The van der Waals surface area contributed by atoms with Crippen molar-refractivity contribution in [3.8, 4) is 0 Å². The van der Waals surface area contributed by atoms with Crippen LogP contribution < -0.4 is 5.73 Å². The molecule has 1 aliphatic heterocycles. The highest BCUT2D eigenvalue weighted by Crippen LogP contribution is 2.16. The Kier molecular flexibility index (Phi) is 4.24. The van der Waals surface area contributed by atoms with E-state index in [0.717, 1.165) is 0 Å². The van der Waals surface area contributed by atoms with Gasteiger partial charge in [0, 0.05) is 31.0 Å². The fourth-order valence-electron chi connectivity index (χ4n) is 1.89. The first-order chi connectivity index (χ1) is 8.70. The van der Waals surface area contributed by atoms with Crippen molar-refractivity contribution in [2.45, 2.75) is 12.1 Å². The smallest absolute Gasteiger partial charge is 0.242 e. The number of carbonyl (C=O) groups excluding carboxylic acids is 1. The molecule has 0 radical (unpaired) electrons. The third-order valence-corrected chi connectivity index (χ3v) is 2.97. The van der Waals surface area contributed by atoms with Gasteiger partial charge in [0.25, 0.3) is 0 Å². The number of hydrogen-bond acceptors (Lipinski definition) is 5. The number of nitrogens with zero attached hydrogens (tertiary/aromatic N) is 2. The van der Waals surface area contributed by atoms with Gasteiger partial charge in [-0.05, 0) is 6.07 Å². The molecule has 2 rings (SSSR count). The summed E-state index contributed by atoms with van der Waals surface area (Å²) in [6, 6.07) is 2.43. The van der Waals surface area contributed by atoms with E-state index in [1.54, 1.807) is 23.2 Å². The maximum atomic E-state index is 12.1. The second-order valence-electron chi connectivity index (χ2n) is 4.19. The molecule has 0 aliphatic carbocycles. The Morgan fingerprint density at radius 3 is 2.83 bits per heavy atom. The Balaban J connectivity index is 2.01. The van der Waals surface area contributed by atoms with Crippen LogP contribution >= 0.6 is 0 Å². The number of carbonyl (C=O) groups is 1. The average molecular weight is 251 g/mol. The molecule has 1 saturated heterocycles. The van der Waals surface area contributed by atoms with Gasteiger partial charge < -0.3 is 20.5 Å². The van der Waals surface area contributed by atoms with E-state index in [9.17, 15) is 9.90 Å². The highest BCUT2D eigenvalue weighted by atomic mass is 16.5. The SMILES string of the molecule is N[C@@H](C(=O)N1CCOCC1)[C@@H](O)c1cccnc1. The van der Waals surface area contributed by atoms with Crippen LogP contribution in [0.1, 0.15) is 11.7 Å². The maximum absolute atomic E-state index is 12.1. The van der Waals surface area contributed by atoms with Crippen molar-refractivity contribution in [2.24, 2.45) is 5.73 Å². The molecule has 3 N–H and O–H groups in total. The summed E-state index contributed by atoms with van der Waals surface area (Å²) >= 11 is 0. The molecule has 1 aromatic heterocycles. The van der Waals surface area contributed by atoms with Crippen LogP contribution in [0.25, 0.3) is 0 Å². The summed E-state index contributed by atoms with van der Waals surface area (Å²) in [7, 11) is 0. The average Bonchev–Trinajstić information content (AvgIpc) is 2.47. The number of aliphatic hydroxyl groups excluding tert-OH is 1. The lowest BCUT2D eigenvalue weighted by atomic mass is 10.0. The zero-order valence-electron chi connectivity index (χ0n) is 10.0. The molecule has 1 amide bonds. The van der Waals surface area contributed by atoms with Gasteiger partial charge in [0.1, 0.15) is 12.1 Å². The largest absolute Gasteiger partial charge is 0.386 e. The summed E-state index contributed by atoms with van der Waals surface area (Å²) < 4.78 is 5.17. The molecule has 18 heavy (non-hydrogen) atoms. The van der Waals surface area contributed by atoms with Crippen LogP contribution in [0.3, 0.4) is 0 Å². The van der Waals surface area contributed by atoms with Crippen LogP contribution in [0, 0.1) is 0 Å². The Morgan fingerprint density at radius 1 is 1.50 bits per heavy atom. The highest BCUT2D eigenvalue weighted by molar-refractivity contribution is 5.82. The minimum absolute atomic E-state index is 0.255. The highest BCUT2D eigenvalue weighted by Gasteiger charge is 2.29. The summed E-state index contributed by atoms with van der Waals surface area (Å²) in [5.41, 5.74) is 6.36. The second kappa shape index (κ2) is 5.90. The minimum Gasteiger partial charge on any atom is -0.386 e. The van der Waals surface area contributed by atoms with Gasteiger partial charge in [0.15, 0.2) is 0 Å². The molecule has 0 saturated carbocycles. The maximum Gasteiger partial charge on any atom is 0.242 e. The summed E-state index contributed by atoms with van der Waals surface area (Å²) in [4.78, 5) is 17.6. The van der Waals surface area contributed by atoms with Gasteiger partial charge >= 0.3 is 0 Å². The predicted octanol–water partition coefficient (Wildman–Crippen LogP) is -0.699. The zero-order chi connectivity index (χ0) is 13.0. The number of hydrogen-bond donors (Lipinski definition) is 2. The van der Waals surface area contributed by atoms with E-state index >= 15 is 0 Å². The van der Waals surface area contributed by atoms with Crippen molar-refractivity contribution in [2.75, 3.05) is 26.3 Å². The number of ether oxygens (including phenoxy) is 1. The Labute approximate surface area is 105 Å². The van der Waals surface area contributed by atoms with Gasteiger partial charge in [-0.3, -0.25) is 9.78 Å². The van der Waals surface area contributed by atoms with Crippen molar-refractivity contribution < 1.29 is 14.6 Å². The molecule has 0 bridgehead atoms. The number of rotatable bonds is 3. The summed E-state index contributed by atoms with van der Waals surface area (Å²) in [6.45, 7) is 2.07. The van der Waals surface area contributed by atoms with Gasteiger partial charge in [0.2, 0.25) is 5.91 Å². The summed E-state index contributed by atoms with van der Waals surface area (Å²) in [6.07, 6.45) is 2.08. The van der Waals surface area contributed by atoms with Crippen molar-refractivity contribution >= 4 is 5.91 Å². The Morgan fingerprint density at radius 2 is 2.22 bits per heavy atom. The second-order valence-corrected chi connectivity index (χ2v) is 4.19. The predicted molar refractivity (Wildman–Crippen MR) is 64.6 cm³/mol. The van der Waals surface area contributed by atoms with E-state index in [1.165, 1.54) is 6.20 Å². The molecule has 2 heterocycles. The molecule has 1 aromatic rings. The Bertz CT molecular complexity index is 393. The number of nitrogens with two attached hydrogens (primary N) is 1. The molecule has 6 heteroatoms. The molecule has 2 atom stereocenters. The van der Waals surface area contributed by atoms with Crippen LogP contribution in [0.5, 0.6) is 0 Å². The van der Waals surface area contributed by atoms with Gasteiger partial charge in [-0.15, -0.1) is 0 Å². The summed E-state index contributed by atoms with van der Waals surface area (Å²) in [5.74, 6) is -0.255. The normalized spacial score (nSPS) is 19.3.